The second-order valence-corrected chi connectivity index (χ2v) is 9.34. The molecule has 0 fully saturated rings. The van der Waals surface area contributed by atoms with Crippen molar-refractivity contribution >= 4 is 10.8 Å². The lowest BCUT2D eigenvalue weighted by Gasteiger charge is -2.09. The first-order valence-electron chi connectivity index (χ1n) is 9.68. The van der Waals surface area contributed by atoms with Gasteiger partial charge < -0.3 is 9.52 Å². The van der Waals surface area contributed by atoms with Gasteiger partial charge in [-0.05, 0) is 37.6 Å². The number of aryl methyl sites for hydroxylation is 1. The number of hydrogen-bond acceptors (Lipinski definition) is 7. The molecule has 3 aromatic rings. The van der Waals surface area contributed by atoms with Gasteiger partial charge in [-0.3, -0.25) is 9.19 Å². The van der Waals surface area contributed by atoms with Crippen molar-refractivity contribution in [2.24, 2.45) is 0 Å². The minimum atomic E-state index is -1.03. The van der Waals surface area contributed by atoms with Crippen LogP contribution in [0, 0.1) is 6.92 Å². The predicted molar refractivity (Wildman–Crippen MR) is 114 cm³/mol. The first-order valence-corrected chi connectivity index (χ1v) is 10.9. The van der Waals surface area contributed by atoms with Crippen molar-refractivity contribution in [2.45, 2.75) is 43.3 Å². The van der Waals surface area contributed by atoms with Gasteiger partial charge >= 0.3 is 0 Å². The molecule has 1 aliphatic carbocycles. The van der Waals surface area contributed by atoms with Crippen molar-refractivity contribution in [3.8, 4) is 22.8 Å². The van der Waals surface area contributed by atoms with E-state index in [0.717, 1.165) is 10.5 Å². The van der Waals surface area contributed by atoms with Crippen LogP contribution < -0.4 is 0 Å². The number of rotatable bonds is 5. The Kier molecular flexibility index (Phi) is 5.59. The van der Waals surface area contributed by atoms with Crippen LogP contribution in [0.15, 0.2) is 63.8 Å². The van der Waals surface area contributed by atoms with Gasteiger partial charge in [0, 0.05) is 15.7 Å². The molecule has 4 rings (SSSR count). The van der Waals surface area contributed by atoms with Crippen molar-refractivity contribution in [3.05, 3.63) is 66.0 Å². The molecule has 1 aliphatic rings. The monoisotopic (exact) mass is 422 g/mol. The summed E-state index contributed by atoms with van der Waals surface area (Å²) in [5.41, 5.74) is 2.74. The molecule has 1 N–H and O–H groups in total. The lowest BCUT2D eigenvalue weighted by Crippen LogP contribution is -2.05. The summed E-state index contributed by atoms with van der Waals surface area (Å²) in [6, 6.07) is 7.50. The molecule has 0 saturated carbocycles. The molecular weight excluding hydrogens is 400 g/mol. The summed E-state index contributed by atoms with van der Waals surface area (Å²) in [7, 11) is -1.03. The fraction of sp³-hybridized carbons (Fsp3) is 0.273. The summed E-state index contributed by atoms with van der Waals surface area (Å²) in [5, 5.41) is 17.8. The molecule has 154 valence electrons. The average Bonchev–Trinajstić information content (AvgIpc) is 3.24. The molecule has 7 nitrogen and oxygen atoms in total. The first-order chi connectivity index (χ1) is 14.4. The maximum absolute atomic E-state index is 12.3. The zero-order valence-corrected chi connectivity index (χ0v) is 17.8. The van der Waals surface area contributed by atoms with E-state index in [-0.39, 0.29) is 16.9 Å². The van der Waals surface area contributed by atoms with E-state index in [1.165, 1.54) is 0 Å². The van der Waals surface area contributed by atoms with Crippen molar-refractivity contribution in [3.63, 3.8) is 0 Å². The number of allylic oxidation sites excluding steroid dienone is 3. The molecule has 8 heteroatoms. The third kappa shape index (κ3) is 4.09. The van der Waals surface area contributed by atoms with Gasteiger partial charge in [0.1, 0.15) is 11.5 Å². The van der Waals surface area contributed by atoms with Crippen molar-refractivity contribution in [1.82, 2.24) is 20.2 Å². The number of benzene rings is 1. The molecule has 2 atom stereocenters. The van der Waals surface area contributed by atoms with Gasteiger partial charge in [-0.25, -0.2) is 4.98 Å². The molecular formula is C22H22N4O3S. The van der Waals surface area contributed by atoms with E-state index in [0.29, 0.717) is 35.3 Å². The van der Waals surface area contributed by atoms with E-state index in [1.54, 1.807) is 18.3 Å². The standard InChI is InChI=1S/C22H22N4O3S/c1-13(2)30(28)18-10-6-15(7-11-18)19-12-23-14(3)20(24-19)22-26-25-21(29-22)16-4-8-17(27)9-5-16/h4,6-13,16,27H,5H2,1-3H3. The summed E-state index contributed by atoms with van der Waals surface area (Å²) < 4.78 is 18.1. The van der Waals surface area contributed by atoms with E-state index in [2.05, 4.69) is 20.2 Å². The van der Waals surface area contributed by atoms with E-state index in [4.69, 9.17) is 4.42 Å². The van der Waals surface area contributed by atoms with Crippen molar-refractivity contribution < 1.29 is 13.7 Å². The zero-order valence-electron chi connectivity index (χ0n) is 16.9. The topological polar surface area (TPSA) is 102 Å². The lowest BCUT2D eigenvalue weighted by atomic mass is 10.0. The summed E-state index contributed by atoms with van der Waals surface area (Å²) in [4.78, 5) is 9.92. The van der Waals surface area contributed by atoms with E-state index in [9.17, 15) is 9.32 Å². The molecule has 2 unspecified atom stereocenters. The van der Waals surface area contributed by atoms with Crippen LogP contribution >= 0.6 is 0 Å². The molecule has 2 heterocycles. The number of aliphatic hydroxyl groups is 1. The Bertz CT molecular complexity index is 1150. The number of nitrogens with zero attached hydrogens (tertiary/aromatic N) is 4. The number of aliphatic hydroxyl groups excluding tert-OH is 1. The molecule has 0 radical (unpaired) electrons. The molecule has 0 bridgehead atoms. The highest BCUT2D eigenvalue weighted by Crippen LogP contribution is 2.29. The average molecular weight is 423 g/mol. The Balaban J connectivity index is 1.62. The predicted octanol–water partition coefficient (Wildman–Crippen LogP) is 4.50. The molecule has 30 heavy (non-hydrogen) atoms. The van der Waals surface area contributed by atoms with Gasteiger partial charge in [0.05, 0.1) is 34.3 Å². The van der Waals surface area contributed by atoms with Gasteiger partial charge in [0.25, 0.3) is 5.89 Å². The van der Waals surface area contributed by atoms with Crippen LogP contribution in [-0.2, 0) is 10.8 Å². The lowest BCUT2D eigenvalue weighted by molar-refractivity contribution is 0.419. The largest absolute Gasteiger partial charge is 0.508 e. The summed E-state index contributed by atoms with van der Waals surface area (Å²) in [6.45, 7) is 5.71. The SMILES string of the molecule is Cc1ncc(-c2ccc(S(=O)C(C)C)cc2)nc1-c1nnc(C2C=CC(O)=CC2)o1. The quantitative estimate of drug-likeness (QED) is 0.645. The maximum Gasteiger partial charge on any atom is 0.268 e. The summed E-state index contributed by atoms with van der Waals surface area (Å²) in [5.74, 6) is 0.940. The molecule has 0 aliphatic heterocycles. The smallest absolute Gasteiger partial charge is 0.268 e. The number of aromatic nitrogens is 4. The van der Waals surface area contributed by atoms with Crippen LogP contribution in [0.1, 0.15) is 37.8 Å². The Morgan fingerprint density at radius 2 is 1.97 bits per heavy atom. The Labute approximate surface area is 177 Å². The van der Waals surface area contributed by atoms with Crippen LogP contribution in [-0.4, -0.2) is 34.7 Å². The van der Waals surface area contributed by atoms with Crippen LogP contribution in [0.5, 0.6) is 0 Å². The second-order valence-electron chi connectivity index (χ2n) is 7.34. The van der Waals surface area contributed by atoms with Crippen LogP contribution in [0.25, 0.3) is 22.8 Å². The molecule has 0 saturated heterocycles. The van der Waals surface area contributed by atoms with Crippen LogP contribution in [0.4, 0.5) is 0 Å². The van der Waals surface area contributed by atoms with E-state index in [1.807, 2.05) is 51.1 Å². The fourth-order valence-electron chi connectivity index (χ4n) is 3.10. The van der Waals surface area contributed by atoms with Crippen molar-refractivity contribution in [1.29, 1.82) is 0 Å². The summed E-state index contributed by atoms with van der Waals surface area (Å²) >= 11 is 0. The first kappa shape index (κ1) is 20.2. The maximum atomic E-state index is 12.3. The van der Waals surface area contributed by atoms with Gasteiger partial charge in [-0.1, -0.05) is 32.1 Å². The third-order valence-electron chi connectivity index (χ3n) is 4.81. The minimum absolute atomic E-state index is 0.0619. The number of hydrogen-bond donors (Lipinski definition) is 1. The molecule has 0 amide bonds. The second kappa shape index (κ2) is 8.31. The molecule has 0 spiro atoms. The Morgan fingerprint density at radius 3 is 2.63 bits per heavy atom. The van der Waals surface area contributed by atoms with Crippen LogP contribution in [0.3, 0.4) is 0 Å². The van der Waals surface area contributed by atoms with E-state index < -0.39 is 10.8 Å². The Morgan fingerprint density at radius 1 is 1.20 bits per heavy atom. The highest BCUT2D eigenvalue weighted by atomic mass is 32.2. The van der Waals surface area contributed by atoms with Gasteiger partial charge in [0.15, 0.2) is 0 Å². The van der Waals surface area contributed by atoms with Gasteiger partial charge in [0.2, 0.25) is 5.89 Å². The summed E-state index contributed by atoms with van der Waals surface area (Å²) in [6.07, 6.45) is 7.47. The Hall–Kier alpha value is -3.13. The van der Waals surface area contributed by atoms with Crippen molar-refractivity contribution in [2.75, 3.05) is 0 Å². The van der Waals surface area contributed by atoms with Crippen LogP contribution in [0.2, 0.25) is 0 Å². The van der Waals surface area contributed by atoms with Gasteiger partial charge in [-0.2, -0.15) is 0 Å². The van der Waals surface area contributed by atoms with E-state index >= 15 is 0 Å². The minimum Gasteiger partial charge on any atom is -0.508 e. The molecule has 1 aromatic carbocycles. The fourth-order valence-corrected chi connectivity index (χ4v) is 4.04. The highest BCUT2D eigenvalue weighted by Gasteiger charge is 2.21. The normalized spacial score (nSPS) is 17.2. The highest BCUT2D eigenvalue weighted by molar-refractivity contribution is 7.85. The third-order valence-corrected chi connectivity index (χ3v) is 6.40. The molecule has 2 aromatic heterocycles. The zero-order chi connectivity index (χ0) is 21.3. The van der Waals surface area contributed by atoms with Gasteiger partial charge in [-0.15, -0.1) is 10.2 Å².